The first kappa shape index (κ1) is 50.9. The second-order valence-corrected chi connectivity index (χ2v) is 14.9. The van der Waals surface area contributed by atoms with E-state index in [0.717, 1.165) is 89.9 Å². The first-order chi connectivity index (χ1) is 25.9. The molecule has 2 atom stereocenters. The Hall–Kier alpha value is -2.06. The minimum absolute atomic E-state index is 0.0921. The molecule has 0 aromatic heterocycles. The van der Waals surface area contributed by atoms with Crippen molar-refractivity contribution in [2.45, 2.75) is 168 Å². The highest BCUT2D eigenvalue weighted by Crippen LogP contribution is 2.43. The van der Waals surface area contributed by atoms with Crippen LogP contribution < -0.4 is 5.73 Å². The lowest BCUT2D eigenvalue weighted by molar-refractivity contribution is -0.154. The minimum Gasteiger partial charge on any atom is -0.457 e. The van der Waals surface area contributed by atoms with E-state index in [1.165, 1.54) is 51.4 Å². The number of hydrogen-bond donors (Lipinski definition) is 2. The number of ether oxygens (including phenoxy) is 2. The summed E-state index contributed by atoms with van der Waals surface area (Å²) in [5, 5.41) is 0. The number of unbranched alkanes of at least 4 members (excludes halogenated alkanes) is 14. The molecule has 0 rings (SSSR count). The van der Waals surface area contributed by atoms with Crippen molar-refractivity contribution in [2.24, 2.45) is 5.73 Å². The molecule has 9 heteroatoms. The number of carbonyl (C=O) groups excluding carboxylic acids is 1. The smallest absolute Gasteiger partial charge is 0.457 e. The third-order valence-electron chi connectivity index (χ3n) is 8.36. The van der Waals surface area contributed by atoms with Crippen molar-refractivity contribution in [3.8, 4) is 0 Å². The Bertz CT molecular complexity index is 1040. The van der Waals surface area contributed by atoms with Crippen LogP contribution in [0.3, 0.4) is 0 Å². The molecule has 0 aliphatic rings. The number of rotatable bonds is 39. The van der Waals surface area contributed by atoms with Crippen LogP contribution in [-0.2, 0) is 27.9 Å². The molecule has 0 bridgehead atoms. The summed E-state index contributed by atoms with van der Waals surface area (Å²) in [6, 6.07) is 0. The molecule has 0 spiro atoms. The molecule has 0 heterocycles. The maximum Gasteiger partial charge on any atom is 0.472 e. The van der Waals surface area contributed by atoms with Crippen LogP contribution >= 0.6 is 7.82 Å². The van der Waals surface area contributed by atoms with E-state index in [9.17, 15) is 14.3 Å². The van der Waals surface area contributed by atoms with Crippen molar-refractivity contribution < 1.29 is 32.8 Å². The topological polar surface area (TPSA) is 117 Å². The number of allylic oxidation sites excluding steroid dienone is 12. The van der Waals surface area contributed by atoms with Crippen LogP contribution in [-0.4, -0.2) is 49.9 Å². The Morgan fingerprint density at radius 2 is 1.06 bits per heavy atom. The minimum atomic E-state index is -4.29. The second kappa shape index (κ2) is 41.1. The highest BCUT2D eigenvalue weighted by atomic mass is 31.2. The van der Waals surface area contributed by atoms with Gasteiger partial charge >= 0.3 is 13.8 Å². The fourth-order valence-corrected chi connectivity index (χ4v) is 6.06. The Balaban J connectivity index is 4.11. The molecule has 0 saturated carbocycles. The molecule has 0 fully saturated rings. The van der Waals surface area contributed by atoms with E-state index in [2.05, 4.69) is 86.8 Å². The summed E-state index contributed by atoms with van der Waals surface area (Å²) in [6.45, 7) is 4.71. The third-order valence-corrected chi connectivity index (χ3v) is 9.34. The van der Waals surface area contributed by atoms with Gasteiger partial charge in [-0.15, -0.1) is 0 Å². The van der Waals surface area contributed by atoms with Gasteiger partial charge in [0.05, 0.1) is 19.8 Å². The zero-order chi connectivity index (χ0) is 38.8. The summed E-state index contributed by atoms with van der Waals surface area (Å²) in [5.41, 5.74) is 5.36. The molecule has 0 aliphatic heterocycles. The zero-order valence-electron chi connectivity index (χ0n) is 33.7. The van der Waals surface area contributed by atoms with Crippen molar-refractivity contribution in [3.63, 3.8) is 0 Å². The quantitative estimate of drug-likeness (QED) is 0.0275. The molecule has 306 valence electrons. The van der Waals surface area contributed by atoms with Gasteiger partial charge in [0.15, 0.2) is 0 Å². The fourth-order valence-electron chi connectivity index (χ4n) is 5.30. The lowest BCUT2D eigenvalue weighted by Crippen LogP contribution is -2.28. The van der Waals surface area contributed by atoms with E-state index < -0.39 is 13.9 Å². The van der Waals surface area contributed by atoms with Crippen LogP contribution in [0, 0.1) is 0 Å². The van der Waals surface area contributed by atoms with Crippen molar-refractivity contribution in [1.29, 1.82) is 0 Å². The van der Waals surface area contributed by atoms with Crippen LogP contribution in [0.1, 0.15) is 162 Å². The number of hydrogen-bond acceptors (Lipinski definition) is 7. The average Bonchev–Trinajstić information content (AvgIpc) is 3.15. The van der Waals surface area contributed by atoms with Crippen LogP contribution in [0.4, 0.5) is 0 Å². The van der Waals surface area contributed by atoms with Gasteiger partial charge in [-0.1, -0.05) is 151 Å². The van der Waals surface area contributed by atoms with Crippen LogP contribution in [0.2, 0.25) is 0 Å². The van der Waals surface area contributed by atoms with E-state index >= 15 is 0 Å². The SMILES string of the molecule is CC/C=C\C/C=C\C/C=C\C/C=C\CCCCCCCCC(=O)OC(COCCCCCCCC/C=C\C/C=C\CCCC)COP(=O)(O)OCCN. The van der Waals surface area contributed by atoms with Gasteiger partial charge in [-0.2, -0.15) is 0 Å². The number of nitrogens with two attached hydrogens (primary N) is 1. The molecule has 0 aliphatic carbocycles. The Morgan fingerprint density at radius 1 is 0.585 bits per heavy atom. The number of carbonyl (C=O) groups is 1. The van der Waals surface area contributed by atoms with Crippen molar-refractivity contribution in [2.75, 3.05) is 33.0 Å². The van der Waals surface area contributed by atoms with Crippen molar-refractivity contribution in [1.82, 2.24) is 0 Å². The summed E-state index contributed by atoms with van der Waals surface area (Å²) in [5.74, 6) is -0.351. The van der Waals surface area contributed by atoms with E-state index in [1.54, 1.807) is 0 Å². The van der Waals surface area contributed by atoms with Gasteiger partial charge in [0.2, 0.25) is 0 Å². The Morgan fingerprint density at radius 3 is 1.58 bits per heavy atom. The summed E-state index contributed by atoms with van der Waals surface area (Å²) >= 11 is 0. The van der Waals surface area contributed by atoms with Gasteiger partial charge in [0.1, 0.15) is 6.10 Å². The fraction of sp³-hybridized carbons (Fsp3) is 0.705. The largest absolute Gasteiger partial charge is 0.472 e. The zero-order valence-corrected chi connectivity index (χ0v) is 34.6. The monoisotopic (exact) mass is 764 g/mol. The van der Waals surface area contributed by atoms with Gasteiger partial charge in [-0.25, -0.2) is 4.57 Å². The molecule has 0 aromatic rings. The molecule has 0 radical (unpaired) electrons. The molecule has 0 aromatic carbocycles. The average molecular weight is 764 g/mol. The lowest BCUT2D eigenvalue weighted by atomic mass is 10.1. The van der Waals surface area contributed by atoms with Gasteiger partial charge in [-0.05, 0) is 77.0 Å². The van der Waals surface area contributed by atoms with E-state index in [1.807, 2.05) is 0 Å². The maximum atomic E-state index is 12.6. The Kier molecular flexibility index (Phi) is 39.5. The second-order valence-electron chi connectivity index (χ2n) is 13.5. The van der Waals surface area contributed by atoms with Gasteiger partial charge in [-0.3, -0.25) is 13.8 Å². The molecule has 0 amide bonds. The predicted octanol–water partition coefficient (Wildman–Crippen LogP) is 12.4. The third kappa shape index (κ3) is 41.0. The maximum absolute atomic E-state index is 12.6. The summed E-state index contributed by atoms with van der Waals surface area (Å²) in [4.78, 5) is 22.5. The van der Waals surface area contributed by atoms with E-state index in [0.29, 0.717) is 13.0 Å². The first-order valence-electron chi connectivity index (χ1n) is 20.9. The number of phosphoric acid groups is 1. The predicted molar refractivity (Wildman–Crippen MR) is 224 cm³/mol. The lowest BCUT2D eigenvalue weighted by Gasteiger charge is -2.20. The summed E-state index contributed by atoms with van der Waals surface area (Å²) in [6.07, 6.45) is 50.5. The van der Waals surface area contributed by atoms with E-state index in [4.69, 9.17) is 24.3 Å². The van der Waals surface area contributed by atoms with Gasteiger partial charge in [0, 0.05) is 19.6 Å². The van der Waals surface area contributed by atoms with Crippen LogP contribution in [0.15, 0.2) is 72.9 Å². The van der Waals surface area contributed by atoms with Crippen LogP contribution in [0.5, 0.6) is 0 Å². The summed E-state index contributed by atoms with van der Waals surface area (Å²) < 4.78 is 33.4. The van der Waals surface area contributed by atoms with Crippen molar-refractivity contribution >= 4 is 13.8 Å². The van der Waals surface area contributed by atoms with Gasteiger partial charge < -0.3 is 20.1 Å². The normalized spacial score (nSPS) is 14.3. The highest BCUT2D eigenvalue weighted by molar-refractivity contribution is 7.47. The van der Waals surface area contributed by atoms with Gasteiger partial charge in [0.25, 0.3) is 0 Å². The van der Waals surface area contributed by atoms with E-state index in [-0.39, 0.29) is 32.3 Å². The summed E-state index contributed by atoms with van der Waals surface area (Å²) in [7, 11) is -4.29. The molecule has 0 saturated heterocycles. The molecular formula is C44H78NO7P. The van der Waals surface area contributed by atoms with Crippen LogP contribution in [0.25, 0.3) is 0 Å². The molecular weight excluding hydrogens is 685 g/mol. The molecule has 3 N–H and O–H groups in total. The number of phosphoric ester groups is 1. The molecule has 2 unspecified atom stereocenters. The highest BCUT2D eigenvalue weighted by Gasteiger charge is 2.25. The Labute approximate surface area is 325 Å². The number of esters is 1. The molecule has 53 heavy (non-hydrogen) atoms. The first-order valence-corrected chi connectivity index (χ1v) is 22.4. The standard InChI is InChI=1S/C44H78NO7P/c1-3-5-7-9-11-13-15-17-19-20-21-22-23-25-27-29-31-33-35-37-44(46)52-43(42-51-53(47,48)50-40-38-45)41-49-39-36-34-32-30-28-26-24-18-16-14-12-10-8-6-4-2/h5,7,10-13,16-19,21-22,43H,3-4,6,8-9,14-15,20,23-42,45H2,1-2H3,(H,47,48)/b7-5-,12-10-,13-11-,18-16-,19-17-,22-21-. The van der Waals surface area contributed by atoms with Crippen molar-refractivity contribution in [3.05, 3.63) is 72.9 Å². The molecule has 8 nitrogen and oxygen atoms in total.